The molecule has 0 bridgehead atoms. The highest BCUT2D eigenvalue weighted by molar-refractivity contribution is 7.12. The Labute approximate surface area is 211 Å². The summed E-state index contributed by atoms with van der Waals surface area (Å²) in [6, 6.07) is 24.4. The summed E-state index contributed by atoms with van der Waals surface area (Å²) < 4.78 is 0. The highest BCUT2D eigenvalue weighted by Crippen LogP contribution is 2.36. The Morgan fingerprint density at radius 2 is 1.66 bits per heavy atom. The van der Waals surface area contributed by atoms with E-state index >= 15 is 0 Å². The van der Waals surface area contributed by atoms with Crippen LogP contribution in [0.2, 0.25) is 0 Å². The molecule has 5 nitrogen and oxygen atoms in total. The van der Waals surface area contributed by atoms with Gasteiger partial charge in [0.05, 0.1) is 16.6 Å². The lowest BCUT2D eigenvalue weighted by Crippen LogP contribution is -2.61. The highest BCUT2D eigenvalue weighted by atomic mass is 32.1. The van der Waals surface area contributed by atoms with Crippen LogP contribution in [0.15, 0.2) is 78.2 Å². The van der Waals surface area contributed by atoms with Crippen molar-refractivity contribution < 1.29 is 9.59 Å². The lowest BCUT2D eigenvalue weighted by molar-refractivity contribution is -0.136. The van der Waals surface area contributed by atoms with Gasteiger partial charge in [-0.05, 0) is 48.8 Å². The largest absolute Gasteiger partial charge is 0.338 e. The van der Waals surface area contributed by atoms with E-state index in [1.807, 2.05) is 46.7 Å². The molecule has 2 amide bonds. The number of nitrogens with zero attached hydrogens (tertiary/aromatic N) is 2. The summed E-state index contributed by atoms with van der Waals surface area (Å²) in [5.74, 6) is 0.288. The minimum atomic E-state index is -0.404. The van der Waals surface area contributed by atoms with Crippen LogP contribution in [0.5, 0.6) is 0 Å². The van der Waals surface area contributed by atoms with Crippen LogP contribution in [0.3, 0.4) is 0 Å². The van der Waals surface area contributed by atoms with Gasteiger partial charge in [0, 0.05) is 32.0 Å². The van der Waals surface area contributed by atoms with Crippen molar-refractivity contribution in [3.63, 3.8) is 0 Å². The summed E-state index contributed by atoms with van der Waals surface area (Å²) in [5.41, 5.74) is 2.06. The fourth-order valence-electron chi connectivity index (χ4n) is 5.63. The van der Waals surface area contributed by atoms with Crippen molar-refractivity contribution in [3.8, 4) is 0 Å². The third-order valence-electron chi connectivity index (χ3n) is 7.47. The number of carbonyl (C=O) groups excluding carboxylic acids is 2. The first-order chi connectivity index (χ1) is 17.1. The van der Waals surface area contributed by atoms with E-state index in [0.717, 1.165) is 36.1 Å². The predicted molar refractivity (Wildman–Crippen MR) is 140 cm³/mol. The number of piperidine rings is 1. The second-order valence-corrected chi connectivity index (χ2v) is 10.7. The van der Waals surface area contributed by atoms with Gasteiger partial charge in [-0.15, -0.1) is 11.3 Å². The van der Waals surface area contributed by atoms with E-state index in [4.69, 9.17) is 0 Å². The van der Waals surface area contributed by atoms with Crippen molar-refractivity contribution in [2.45, 2.75) is 56.8 Å². The molecule has 5 rings (SSSR count). The van der Waals surface area contributed by atoms with Crippen LogP contribution in [0.4, 0.5) is 0 Å². The molecule has 0 unspecified atom stereocenters. The second kappa shape index (κ2) is 10.3. The van der Waals surface area contributed by atoms with Crippen LogP contribution in [0.25, 0.3) is 0 Å². The van der Waals surface area contributed by atoms with E-state index in [-0.39, 0.29) is 23.9 Å². The van der Waals surface area contributed by atoms with Gasteiger partial charge in [-0.3, -0.25) is 14.9 Å². The maximum absolute atomic E-state index is 13.8. The lowest BCUT2D eigenvalue weighted by Gasteiger charge is -2.47. The average Bonchev–Trinajstić information content (AvgIpc) is 3.51. The van der Waals surface area contributed by atoms with E-state index in [1.165, 1.54) is 16.9 Å². The van der Waals surface area contributed by atoms with Gasteiger partial charge in [-0.2, -0.15) is 0 Å². The molecule has 2 aliphatic rings. The molecule has 0 radical (unpaired) electrons. The molecule has 2 aliphatic heterocycles. The maximum atomic E-state index is 13.8. The number of aryl methyl sites for hydroxylation is 1. The number of rotatable bonds is 7. The highest BCUT2D eigenvalue weighted by Gasteiger charge is 2.53. The van der Waals surface area contributed by atoms with Gasteiger partial charge < -0.3 is 9.80 Å². The molecule has 35 heavy (non-hydrogen) atoms. The first kappa shape index (κ1) is 23.8. The van der Waals surface area contributed by atoms with Crippen molar-refractivity contribution in [1.29, 1.82) is 0 Å². The zero-order chi connectivity index (χ0) is 24.3. The average molecular weight is 488 g/mol. The number of benzene rings is 2. The number of carbonyl (C=O) groups is 2. The molecule has 2 aromatic carbocycles. The number of thiophene rings is 1. The smallest absolute Gasteiger partial charge is 0.263 e. The molecule has 3 heterocycles. The topological polar surface area (TPSA) is 52.7 Å². The Hall–Kier alpha value is -2.96. The molecule has 3 aromatic rings. The van der Waals surface area contributed by atoms with E-state index in [1.54, 1.807) is 0 Å². The Morgan fingerprint density at radius 1 is 1.00 bits per heavy atom. The van der Waals surface area contributed by atoms with Crippen LogP contribution in [0.1, 0.15) is 47.0 Å². The van der Waals surface area contributed by atoms with Gasteiger partial charge >= 0.3 is 0 Å². The first-order valence-corrected chi connectivity index (χ1v) is 13.5. The molecular formula is C29H33N3O2S. The quantitative estimate of drug-likeness (QED) is 0.524. The van der Waals surface area contributed by atoms with Gasteiger partial charge in [0.2, 0.25) is 5.91 Å². The standard InChI is InChI=1S/C29H33N3O2S/c1-22(14-15-23-9-4-2-5-10-23)32-27(33)25(21-24-11-6-3-7-12-24)30-29(32)16-18-31(19-17-29)28(34)26-13-8-20-35-26/h2-13,20,22,25,30H,14-19,21H2,1H3/t22-,25-/m1/s1. The van der Waals surface area contributed by atoms with Crippen LogP contribution in [-0.2, 0) is 17.6 Å². The van der Waals surface area contributed by atoms with E-state index in [2.05, 4.69) is 53.5 Å². The van der Waals surface area contributed by atoms with Gasteiger partial charge in [-0.1, -0.05) is 66.7 Å². The summed E-state index contributed by atoms with van der Waals surface area (Å²) in [7, 11) is 0. The summed E-state index contributed by atoms with van der Waals surface area (Å²) in [4.78, 5) is 31.6. The van der Waals surface area contributed by atoms with Gasteiger partial charge in [0.25, 0.3) is 5.91 Å². The summed E-state index contributed by atoms with van der Waals surface area (Å²) in [6.07, 6.45) is 4.03. The summed E-state index contributed by atoms with van der Waals surface area (Å²) in [5, 5.41) is 5.71. The van der Waals surface area contributed by atoms with Gasteiger partial charge in [0.1, 0.15) is 0 Å². The number of nitrogens with one attached hydrogen (secondary N) is 1. The van der Waals surface area contributed by atoms with Crippen LogP contribution < -0.4 is 5.32 Å². The molecule has 1 N–H and O–H groups in total. The van der Waals surface area contributed by atoms with Crippen LogP contribution in [0, 0.1) is 0 Å². The molecular weight excluding hydrogens is 454 g/mol. The van der Waals surface area contributed by atoms with Crippen molar-refractivity contribution >= 4 is 23.2 Å². The van der Waals surface area contributed by atoms with E-state index < -0.39 is 5.66 Å². The number of hydrogen-bond donors (Lipinski definition) is 1. The Bertz CT molecular complexity index is 1130. The molecule has 2 fully saturated rings. The number of hydrogen-bond acceptors (Lipinski definition) is 4. The molecule has 1 aromatic heterocycles. The van der Waals surface area contributed by atoms with Gasteiger partial charge in [0.15, 0.2) is 0 Å². The lowest BCUT2D eigenvalue weighted by atomic mass is 9.93. The Balaban J connectivity index is 1.34. The van der Waals surface area contributed by atoms with Gasteiger partial charge in [-0.25, -0.2) is 0 Å². The Morgan fingerprint density at radius 3 is 2.29 bits per heavy atom. The molecule has 6 heteroatoms. The molecule has 0 saturated carbocycles. The van der Waals surface area contributed by atoms with Crippen LogP contribution in [-0.4, -0.2) is 52.5 Å². The number of likely N-dealkylation sites (tertiary alicyclic amines) is 1. The fraction of sp³-hybridized carbons (Fsp3) is 0.379. The van der Waals surface area contributed by atoms with Crippen molar-refractivity contribution in [2.24, 2.45) is 0 Å². The third-order valence-corrected chi connectivity index (χ3v) is 8.32. The minimum Gasteiger partial charge on any atom is -0.338 e. The molecule has 182 valence electrons. The normalized spacial score (nSPS) is 20.4. The number of amides is 2. The summed E-state index contributed by atoms with van der Waals surface area (Å²) in [6.45, 7) is 3.48. The van der Waals surface area contributed by atoms with E-state index in [9.17, 15) is 9.59 Å². The SMILES string of the molecule is C[C@H](CCc1ccccc1)N1C(=O)[C@@H](Cc2ccccc2)NC12CCN(C(=O)c1cccs1)CC2. The van der Waals surface area contributed by atoms with Crippen LogP contribution >= 0.6 is 11.3 Å². The zero-order valence-electron chi connectivity index (χ0n) is 20.2. The van der Waals surface area contributed by atoms with Crippen molar-refractivity contribution in [1.82, 2.24) is 15.1 Å². The zero-order valence-corrected chi connectivity index (χ0v) is 21.0. The van der Waals surface area contributed by atoms with Crippen molar-refractivity contribution in [3.05, 3.63) is 94.2 Å². The maximum Gasteiger partial charge on any atom is 0.263 e. The first-order valence-electron chi connectivity index (χ1n) is 12.6. The minimum absolute atomic E-state index is 0.101. The monoisotopic (exact) mass is 487 g/mol. The molecule has 1 spiro atoms. The molecule has 2 atom stereocenters. The predicted octanol–water partition coefficient (Wildman–Crippen LogP) is 4.74. The fourth-order valence-corrected chi connectivity index (χ4v) is 6.32. The molecule has 0 aliphatic carbocycles. The molecule has 2 saturated heterocycles. The van der Waals surface area contributed by atoms with Crippen molar-refractivity contribution in [2.75, 3.05) is 13.1 Å². The van der Waals surface area contributed by atoms with E-state index in [0.29, 0.717) is 19.5 Å². The third kappa shape index (κ3) is 5.04. The Kier molecular flexibility index (Phi) is 7.02. The second-order valence-electron chi connectivity index (χ2n) is 9.77. The summed E-state index contributed by atoms with van der Waals surface area (Å²) >= 11 is 1.49.